The van der Waals surface area contributed by atoms with Crippen LogP contribution in [0.15, 0.2) is 16.4 Å². The molecule has 2 aromatic heterocycles. The molecule has 0 saturated heterocycles. The molecule has 0 aliphatic carbocycles. The lowest BCUT2D eigenvalue weighted by molar-refractivity contribution is -0.119. The van der Waals surface area contributed by atoms with Gasteiger partial charge >= 0.3 is 0 Å². The fourth-order valence-electron chi connectivity index (χ4n) is 2.06. The smallest absolute Gasteiger partial charge is 0.217 e. The number of carbonyl (C=O) groups excluding carboxylic acids is 1. The number of thiophene rings is 1. The summed E-state index contributed by atoms with van der Waals surface area (Å²) in [4.78, 5) is 22.2. The normalized spacial score (nSPS) is 11.3. The third kappa shape index (κ3) is 6.93. The zero-order valence-electron chi connectivity index (χ0n) is 15.5. The van der Waals surface area contributed by atoms with Gasteiger partial charge in [0.15, 0.2) is 11.1 Å². The van der Waals surface area contributed by atoms with E-state index in [1.165, 1.54) is 18.3 Å². The molecule has 0 bridgehead atoms. The summed E-state index contributed by atoms with van der Waals surface area (Å²) in [7, 11) is 0. The van der Waals surface area contributed by atoms with E-state index >= 15 is 0 Å². The number of amides is 1. The van der Waals surface area contributed by atoms with Crippen molar-refractivity contribution in [1.82, 2.24) is 10.3 Å². The molecule has 6 nitrogen and oxygen atoms in total. The molecule has 0 aliphatic heterocycles. The zero-order chi connectivity index (χ0) is 18.4. The number of nitrogens with one attached hydrogen (secondary N) is 2. The van der Waals surface area contributed by atoms with Crippen LogP contribution in [0.1, 0.15) is 37.6 Å². The number of anilines is 1. The van der Waals surface area contributed by atoms with E-state index in [0.717, 1.165) is 32.6 Å². The topological polar surface area (TPSA) is 92.4 Å². The first-order valence-electron chi connectivity index (χ1n) is 8.21. The maximum Gasteiger partial charge on any atom is 0.217 e. The fourth-order valence-corrected chi connectivity index (χ4v) is 3.93. The fraction of sp³-hybridized carbons (Fsp3) is 0.471. The second kappa shape index (κ2) is 10.5. The predicted octanol–water partition coefficient (Wildman–Crippen LogP) is 4.01. The Morgan fingerprint density at radius 1 is 1.42 bits per heavy atom. The number of guanidine groups is 1. The van der Waals surface area contributed by atoms with Gasteiger partial charge in [0.1, 0.15) is 0 Å². The summed E-state index contributed by atoms with van der Waals surface area (Å²) >= 11 is 3.14. The van der Waals surface area contributed by atoms with Crippen LogP contribution >= 0.6 is 35.1 Å². The van der Waals surface area contributed by atoms with Gasteiger partial charge in [0.05, 0.1) is 17.1 Å². The van der Waals surface area contributed by atoms with Crippen LogP contribution in [0.3, 0.4) is 0 Å². The van der Waals surface area contributed by atoms with E-state index in [9.17, 15) is 4.79 Å². The Kier molecular flexibility index (Phi) is 9.04. The number of carbonyl (C=O) groups is 1. The molecule has 1 amide bonds. The molecule has 0 atom stereocenters. The van der Waals surface area contributed by atoms with Crippen molar-refractivity contribution in [1.29, 1.82) is 0 Å². The maximum atomic E-state index is 11.1. The van der Waals surface area contributed by atoms with E-state index in [-0.39, 0.29) is 18.3 Å². The lowest BCUT2D eigenvalue weighted by Gasteiger charge is -2.03. The standard InChI is InChI=1S/C17H25N5OS2.ClH/c1-10(2)5-6-19-16(18)22-17-21-13(9-24-17)14-7-11(3)15(25-14)8-20-12(4)23;/h7,9-10H,5-6,8H2,1-4H3,(H,20,23)(H3,18,19,21,22);1H. The largest absolute Gasteiger partial charge is 0.370 e. The van der Waals surface area contributed by atoms with Crippen LogP contribution in [0.2, 0.25) is 0 Å². The van der Waals surface area contributed by atoms with Gasteiger partial charge in [0, 0.05) is 23.7 Å². The van der Waals surface area contributed by atoms with Crippen LogP contribution < -0.4 is 16.4 Å². The van der Waals surface area contributed by atoms with Crippen molar-refractivity contribution in [3.8, 4) is 10.6 Å². The summed E-state index contributed by atoms with van der Waals surface area (Å²) in [6, 6.07) is 2.10. The van der Waals surface area contributed by atoms with Crippen molar-refractivity contribution in [2.75, 3.05) is 11.9 Å². The van der Waals surface area contributed by atoms with Gasteiger partial charge in [-0.15, -0.1) is 35.1 Å². The van der Waals surface area contributed by atoms with Gasteiger partial charge < -0.3 is 16.4 Å². The Labute approximate surface area is 168 Å². The first kappa shape index (κ1) is 22.4. The molecule has 26 heavy (non-hydrogen) atoms. The third-order valence-electron chi connectivity index (χ3n) is 3.50. The predicted molar refractivity (Wildman–Crippen MR) is 114 cm³/mol. The van der Waals surface area contributed by atoms with Gasteiger partial charge in [-0.05, 0) is 30.9 Å². The number of thiazole rings is 1. The second-order valence-electron chi connectivity index (χ2n) is 6.24. The Bertz CT molecular complexity index is 754. The molecule has 144 valence electrons. The molecule has 4 N–H and O–H groups in total. The van der Waals surface area contributed by atoms with Crippen LogP contribution in [0.4, 0.5) is 5.13 Å². The monoisotopic (exact) mass is 415 g/mol. The molecular formula is C17H26ClN5OS2. The van der Waals surface area contributed by atoms with Crippen molar-refractivity contribution in [2.24, 2.45) is 16.6 Å². The number of aryl methyl sites for hydroxylation is 1. The number of aromatic nitrogens is 1. The maximum absolute atomic E-state index is 11.1. The van der Waals surface area contributed by atoms with Gasteiger partial charge in [-0.2, -0.15) is 0 Å². The molecule has 9 heteroatoms. The number of halogens is 1. The Balaban J connectivity index is 0.00000338. The lowest BCUT2D eigenvalue weighted by atomic mass is 10.1. The number of rotatable bonds is 7. The van der Waals surface area contributed by atoms with Crippen LogP contribution in [-0.4, -0.2) is 23.4 Å². The molecule has 2 heterocycles. The number of aliphatic imine (C=N–C) groups is 1. The summed E-state index contributed by atoms with van der Waals surface area (Å²) in [6.07, 6.45) is 1.01. The van der Waals surface area contributed by atoms with Crippen molar-refractivity contribution >= 4 is 52.1 Å². The highest BCUT2D eigenvalue weighted by Gasteiger charge is 2.11. The molecule has 0 spiro atoms. The molecule has 0 fully saturated rings. The van der Waals surface area contributed by atoms with Gasteiger partial charge in [0.2, 0.25) is 5.91 Å². The van der Waals surface area contributed by atoms with Crippen LogP contribution in [-0.2, 0) is 11.3 Å². The number of hydrogen-bond donors (Lipinski definition) is 3. The first-order valence-corrected chi connectivity index (χ1v) is 9.91. The third-order valence-corrected chi connectivity index (χ3v) is 5.52. The molecule has 0 unspecified atom stereocenters. The van der Waals surface area contributed by atoms with Gasteiger partial charge in [-0.3, -0.25) is 9.79 Å². The zero-order valence-corrected chi connectivity index (χ0v) is 17.9. The minimum absolute atomic E-state index is 0. The van der Waals surface area contributed by atoms with Crippen LogP contribution in [0.25, 0.3) is 10.6 Å². The van der Waals surface area contributed by atoms with Crippen LogP contribution in [0.5, 0.6) is 0 Å². The molecule has 2 aromatic rings. The van der Waals surface area contributed by atoms with Crippen molar-refractivity contribution in [2.45, 2.75) is 40.7 Å². The van der Waals surface area contributed by atoms with Crippen molar-refractivity contribution in [3.63, 3.8) is 0 Å². The van der Waals surface area contributed by atoms with E-state index < -0.39 is 0 Å². The molecule has 0 aliphatic rings. The van der Waals surface area contributed by atoms with E-state index in [1.54, 1.807) is 11.3 Å². The second-order valence-corrected chi connectivity index (χ2v) is 8.23. The first-order chi connectivity index (χ1) is 11.8. The molecule has 0 aromatic carbocycles. The minimum Gasteiger partial charge on any atom is -0.370 e. The van der Waals surface area contributed by atoms with Crippen molar-refractivity contribution in [3.05, 3.63) is 21.9 Å². The van der Waals surface area contributed by atoms with Crippen LogP contribution in [0, 0.1) is 12.8 Å². The van der Waals surface area contributed by atoms with Gasteiger partial charge in [-0.25, -0.2) is 4.98 Å². The number of nitrogens with zero attached hydrogens (tertiary/aromatic N) is 2. The van der Waals surface area contributed by atoms with E-state index in [1.807, 2.05) is 12.3 Å². The average Bonchev–Trinajstić information content (AvgIpc) is 3.11. The molecule has 0 radical (unpaired) electrons. The quantitative estimate of drug-likeness (QED) is 0.470. The summed E-state index contributed by atoms with van der Waals surface area (Å²) in [5, 5.41) is 8.61. The highest BCUT2D eigenvalue weighted by molar-refractivity contribution is 7.17. The summed E-state index contributed by atoms with van der Waals surface area (Å²) in [5.41, 5.74) is 7.97. The Morgan fingerprint density at radius 3 is 2.81 bits per heavy atom. The highest BCUT2D eigenvalue weighted by Crippen LogP contribution is 2.33. The minimum atomic E-state index is -0.0262. The lowest BCUT2D eigenvalue weighted by Crippen LogP contribution is -2.22. The summed E-state index contributed by atoms with van der Waals surface area (Å²) in [5.74, 6) is 0.980. The van der Waals surface area contributed by atoms with Gasteiger partial charge in [0.25, 0.3) is 0 Å². The summed E-state index contributed by atoms with van der Waals surface area (Å²) in [6.45, 7) is 9.16. The summed E-state index contributed by atoms with van der Waals surface area (Å²) < 4.78 is 0. The SMILES string of the molecule is CC(=O)NCc1sc(-c2csc(NC(N)=NCCC(C)C)n2)cc1C.Cl. The molecular weight excluding hydrogens is 390 g/mol. The van der Waals surface area contributed by atoms with E-state index in [2.05, 4.69) is 40.5 Å². The molecule has 0 saturated carbocycles. The van der Waals surface area contributed by atoms with E-state index in [4.69, 9.17) is 5.73 Å². The number of hydrogen-bond acceptors (Lipinski definition) is 5. The molecule has 2 rings (SSSR count). The van der Waals surface area contributed by atoms with Gasteiger partial charge in [-0.1, -0.05) is 13.8 Å². The Morgan fingerprint density at radius 2 is 2.15 bits per heavy atom. The Hall–Kier alpha value is -1.64. The average molecular weight is 416 g/mol. The number of nitrogens with two attached hydrogens (primary N) is 1. The van der Waals surface area contributed by atoms with E-state index in [0.29, 0.717) is 25.0 Å². The van der Waals surface area contributed by atoms with Crippen molar-refractivity contribution < 1.29 is 4.79 Å². The highest BCUT2D eigenvalue weighted by atomic mass is 35.5.